The van der Waals surface area contributed by atoms with Crippen LogP contribution >= 0.6 is 0 Å². The van der Waals surface area contributed by atoms with Crippen LogP contribution in [0.3, 0.4) is 0 Å². The predicted molar refractivity (Wildman–Crippen MR) is 46.8 cm³/mol. The van der Waals surface area contributed by atoms with Crippen LogP contribution < -0.4 is 46.5 Å². The Morgan fingerprint density at radius 1 is 1.21 bits per heavy atom. The first-order valence-electron chi connectivity index (χ1n) is 3.39. The Kier molecular flexibility index (Phi) is 4.24. The Labute approximate surface area is 101 Å². The van der Waals surface area contributed by atoms with Crippen molar-refractivity contribution in [3.63, 3.8) is 0 Å². The molecular weight excluding hydrogens is 199 g/mol. The maximum Gasteiger partial charge on any atom is 1.00 e. The van der Waals surface area contributed by atoms with E-state index in [0.717, 1.165) is 9.13 Å². The summed E-state index contributed by atoms with van der Waals surface area (Å²) in [5, 5.41) is 2.46. The molecule has 14 heavy (non-hydrogen) atoms. The van der Waals surface area contributed by atoms with Crippen molar-refractivity contribution in [1.29, 1.82) is 0 Å². The van der Waals surface area contributed by atoms with Gasteiger partial charge in [-0.25, -0.2) is 4.79 Å². The van der Waals surface area contributed by atoms with Gasteiger partial charge in [0.05, 0.1) is 0 Å². The van der Waals surface area contributed by atoms with Crippen LogP contribution in [0.2, 0.25) is 0 Å². The van der Waals surface area contributed by atoms with Gasteiger partial charge in [0.15, 0.2) is 0 Å². The topological polar surface area (TPSA) is 99.4 Å². The van der Waals surface area contributed by atoms with Gasteiger partial charge in [-0.15, -0.1) is 4.91 Å². The third-order valence-electron chi connectivity index (χ3n) is 1.78. The number of aromatic nitrogens is 2. The SMILES string of the molecule is Cn1c(N)c(N=O)c(=O)n(C)c1=O.[Na+]. The summed E-state index contributed by atoms with van der Waals surface area (Å²) in [5.41, 5.74) is 3.51. The minimum atomic E-state index is -0.782. The van der Waals surface area contributed by atoms with Gasteiger partial charge in [-0.1, -0.05) is 0 Å². The molecule has 1 heterocycles. The normalized spacial score (nSPS) is 9.29. The van der Waals surface area contributed by atoms with Gasteiger partial charge in [-0.2, -0.15) is 0 Å². The molecular formula is C6H8N4NaO3+. The Morgan fingerprint density at radius 2 is 1.71 bits per heavy atom. The standard InChI is InChI=1S/C6H8N4O3.Na/c1-9-4(7)3(8-13)5(11)10(2)6(9)12;/h7H2,1-2H3;/q;+1. The van der Waals surface area contributed by atoms with E-state index in [-0.39, 0.29) is 35.4 Å². The van der Waals surface area contributed by atoms with Crippen molar-refractivity contribution in [3.05, 3.63) is 25.7 Å². The minimum absolute atomic E-state index is 0. The van der Waals surface area contributed by atoms with E-state index in [1.807, 2.05) is 0 Å². The van der Waals surface area contributed by atoms with Gasteiger partial charge in [-0.3, -0.25) is 13.9 Å². The summed E-state index contributed by atoms with van der Waals surface area (Å²) in [6.45, 7) is 0. The Bertz CT molecular complexity index is 475. The van der Waals surface area contributed by atoms with E-state index >= 15 is 0 Å². The Balaban J connectivity index is 0.00000169. The molecule has 1 aromatic rings. The fourth-order valence-electron chi connectivity index (χ4n) is 0.928. The third-order valence-corrected chi connectivity index (χ3v) is 1.78. The van der Waals surface area contributed by atoms with Crippen LogP contribution in [0.15, 0.2) is 14.8 Å². The van der Waals surface area contributed by atoms with Crippen LogP contribution in [-0.4, -0.2) is 9.13 Å². The van der Waals surface area contributed by atoms with Crippen LogP contribution in [0.25, 0.3) is 0 Å². The van der Waals surface area contributed by atoms with Crippen LogP contribution in [0.4, 0.5) is 11.5 Å². The quantitative estimate of drug-likeness (QED) is 0.375. The molecule has 0 aliphatic carbocycles. The van der Waals surface area contributed by atoms with Crippen molar-refractivity contribution in [3.8, 4) is 0 Å². The number of nitrogen functional groups attached to an aromatic ring is 1. The smallest absolute Gasteiger partial charge is 0.383 e. The zero-order valence-corrected chi connectivity index (χ0v) is 10.1. The van der Waals surface area contributed by atoms with Crippen molar-refractivity contribution in [2.24, 2.45) is 19.3 Å². The van der Waals surface area contributed by atoms with E-state index in [1.165, 1.54) is 14.1 Å². The molecule has 0 aromatic carbocycles. The average Bonchev–Trinajstić information content (AvgIpc) is 2.13. The second-order valence-electron chi connectivity index (χ2n) is 2.53. The number of nitroso groups, excluding NO2 is 1. The van der Waals surface area contributed by atoms with Crippen molar-refractivity contribution >= 4 is 11.5 Å². The largest absolute Gasteiger partial charge is 1.00 e. The molecule has 0 spiro atoms. The summed E-state index contributed by atoms with van der Waals surface area (Å²) in [6, 6.07) is 0. The summed E-state index contributed by atoms with van der Waals surface area (Å²) in [6.07, 6.45) is 0. The molecule has 0 saturated heterocycles. The van der Waals surface area contributed by atoms with Crippen LogP contribution in [0.5, 0.6) is 0 Å². The van der Waals surface area contributed by atoms with Gasteiger partial charge < -0.3 is 5.73 Å². The van der Waals surface area contributed by atoms with Crippen molar-refractivity contribution in [1.82, 2.24) is 9.13 Å². The summed E-state index contributed by atoms with van der Waals surface area (Å²) < 4.78 is 1.76. The van der Waals surface area contributed by atoms with Crippen LogP contribution in [-0.2, 0) is 14.1 Å². The van der Waals surface area contributed by atoms with E-state index in [9.17, 15) is 14.5 Å². The summed E-state index contributed by atoms with van der Waals surface area (Å²) in [7, 11) is 2.60. The van der Waals surface area contributed by atoms with Crippen molar-refractivity contribution < 1.29 is 29.6 Å². The van der Waals surface area contributed by atoms with Crippen molar-refractivity contribution in [2.45, 2.75) is 0 Å². The molecule has 1 aromatic heterocycles. The van der Waals surface area contributed by atoms with Gasteiger partial charge in [0.1, 0.15) is 5.82 Å². The maximum absolute atomic E-state index is 11.2. The van der Waals surface area contributed by atoms with Crippen molar-refractivity contribution in [2.75, 3.05) is 5.73 Å². The Morgan fingerprint density at radius 3 is 2.14 bits per heavy atom. The molecule has 0 unspecified atom stereocenters. The molecule has 1 rings (SSSR count). The monoisotopic (exact) mass is 207 g/mol. The summed E-state index contributed by atoms with van der Waals surface area (Å²) >= 11 is 0. The molecule has 0 saturated carbocycles. The van der Waals surface area contributed by atoms with E-state index in [2.05, 4.69) is 5.18 Å². The number of rotatable bonds is 1. The molecule has 70 valence electrons. The van der Waals surface area contributed by atoms with E-state index in [4.69, 9.17) is 5.73 Å². The number of nitrogens with two attached hydrogens (primary N) is 1. The summed E-state index contributed by atoms with van der Waals surface area (Å²) in [4.78, 5) is 32.6. The van der Waals surface area contributed by atoms with Crippen LogP contribution in [0, 0.1) is 4.91 Å². The Hall–Kier alpha value is -0.920. The number of hydrogen-bond donors (Lipinski definition) is 1. The first-order valence-corrected chi connectivity index (χ1v) is 3.39. The second kappa shape index (κ2) is 4.54. The fraction of sp³-hybridized carbons (Fsp3) is 0.333. The second-order valence-corrected chi connectivity index (χ2v) is 2.53. The molecule has 0 amide bonds. The minimum Gasteiger partial charge on any atom is -0.383 e. The van der Waals surface area contributed by atoms with E-state index < -0.39 is 16.9 Å². The first kappa shape index (κ1) is 13.1. The summed E-state index contributed by atoms with van der Waals surface area (Å²) in [5.74, 6) is -0.219. The van der Waals surface area contributed by atoms with E-state index in [0.29, 0.717) is 0 Å². The van der Waals surface area contributed by atoms with Gasteiger partial charge in [0.2, 0.25) is 5.69 Å². The molecule has 0 aliphatic rings. The van der Waals surface area contributed by atoms with Gasteiger partial charge in [0.25, 0.3) is 5.56 Å². The molecule has 2 N–H and O–H groups in total. The van der Waals surface area contributed by atoms with Gasteiger partial charge in [-0.05, 0) is 5.18 Å². The zero-order chi connectivity index (χ0) is 10.2. The van der Waals surface area contributed by atoms with Gasteiger partial charge in [0, 0.05) is 14.1 Å². The molecule has 0 aliphatic heterocycles. The predicted octanol–water partition coefficient (Wildman–Crippen LogP) is -3.93. The van der Waals surface area contributed by atoms with E-state index in [1.54, 1.807) is 0 Å². The number of nitrogens with zero attached hydrogens (tertiary/aromatic N) is 3. The molecule has 0 atom stereocenters. The zero-order valence-electron chi connectivity index (χ0n) is 8.14. The molecule has 0 radical (unpaired) electrons. The maximum atomic E-state index is 11.2. The molecule has 0 fully saturated rings. The fourth-order valence-corrected chi connectivity index (χ4v) is 0.928. The number of anilines is 1. The molecule has 0 bridgehead atoms. The average molecular weight is 207 g/mol. The van der Waals surface area contributed by atoms with Crippen LogP contribution in [0.1, 0.15) is 0 Å². The third kappa shape index (κ3) is 1.79. The first-order chi connectivity index (χ1) is 6.00. The molecule has 8 heteroatoms. The number of hydrogen-bond acceptors (Lipinski definition) is 5. The van der Waals surface area contributed by atoms with Gasteiger partial charge >= 0.3 is 35.2 Å². The molecule has 7 nitrogen and oxygen atoms in total.